The third kappa shape index (κ3) is 4.59. The molecule has 0 radical (unpaired) electrons. The molecule has 0 aromatic carbocycles. The second-order valence-corrected chi connectivity index (χ2v) is 7.38. The molecule has 6 heteroatoms. The summed E-state index contributed by atoms with van der Waals surface area (Å²) in [7, 11) is 0. The molecule has 2 rings (SSSR count). The van der Waals surface area contributed by atoms with Crippen molar-refractivity contribution in [3.8, 4) is 0 Å². The van der Waals surface area contributed by atoms with Crippen molar-refractivity contribution in [1.29, 1.82) is 0 Å². The normalized spacial score (nSPS) is 29.2. The molecule has 2 amide bonds. The summed E-state index contributed by atoms with van der Waals surface area (Å²) in [4.78, 5) is 25.0. The fourth-order valence-corrected chi connectivity index (χ4v) is 3.67. The van der Waals surface area contributed by atoms with Gasteiger partial charge in [-0.3, -0.25) is 9.69 Å². The van der Waals surface area contributed by atoms with Gasteiger partial charge in [0.25, 0.3) is 0 Å². The van der Waals surface area contributed by atoms with Crippen molar-refractivity contribution in [2.24, 2.45) is 5.92 Å². The number of nitrogens with one attached hydrogen (secondary N) is 2. The monoisotopic (exact) mass is 297 g/mol. The SMILES string of the molecule is CC(C)(C)NC(=O)CN1[C@@H]2CC[C@H]1CC(CNC(=O)O)C2. The average molecular weight is 297 g/mol. The third-order valence-electron chi connectivity index (χ3n) is 4.36. The highest BCUT2D eigenvalue weighted by Crippen LogP contribution is 2.38. The van der Waals surface area contributed by atoms with Crippen LogP contribution in [0, 0.1) is 5.92 Å². The second kappa shape index (κ2) is 6.22. The van der Waals surface area contributed by atoms with Gasteiger partial charge in [-0.25, -0.2) is 4.79 Å². The van der Waals surface area contributed by atoms with Gasteiger partial charge in [0.15, 0.2) is 0 Å². The Hall–Kier alpha value is -1.30. The lowest BCUT2D eigenvalue weighted by atomic mass is 9.90. The quantitative estimate of drug-likeness (QED) is 0.733. The minimum Gasteiger partial charge on any atom is -0.465 e. The smallest absolute Gasteiger partial charge is 0.404 e. The lowest BCUT2D eigenvalue weighted by Crippen LogP contribution is -2.51. The average Bonchev–Trinajstić information content (AvgIpc) is 2.58. The molecule has 2 bridgehead atoms. The Morgan fingerprint density at radius 3 is 2.24 bits per heavy atom. The molecule has 3 atom stereocenters. The Morgan fingerprint density at radius 2 is 1.76 bits per heavy atom. The first-order valence-electron chi connectivity index (χ1n) is 7.78. The molecule has 0 aromatic heterocycles. The summed E-state index contributed by atoms with van der Waals surface area (Å²) in [6, 6.07) is 0.852. The highest BCUT2D eigenvalue weighted by molar-refractivity contribution is 5.78. The summed E-state index contributed by atoms with van der Waals surface area (Å²) in [6.07, 6.45) is 3.27. The standard InChI is InChI=1S/C15H27N3O3/c1-15(2,3)17-13(19)9-18-11-4-5-12(18)7-10(6-11)8-16-14(20)21/h10-12,16H,4-9H2,1-3H3,(H,17,19)(H,20,21)/t10?,11-,12+. The first-order valence-corrected chi connectivity index (χ1v) is 7.78. The van der Waals surface area contributed by atoms with Gasteiger partial charge >= 0.3 is 6.09 Å². The summed E-state index contributed by atoms with van der Waals surface area (Å²) in [6.45, 7) is 6.96. The summed E-state index contributed by atoms with van der Waals surface area (Å²) in [5.41, 5.74) is -0.195. The Labute approximate surface area is 126 Å². The molecular weight excluding hydrogens is 270 g/mol. The van der Waals surface area contributed by atoms with Crippen LogP contribution in [0.1, 0.15) is 46.5 Å². The summed E-state index contributed by atoms with van der Waals surface area (Å²) in [5.74, 6) is 0.488. The van der Waals surface area contributed by atoms with Crippen LogP contribution in [0.15, 0.2) is 0 Å². The second-order valence-electron chi connectivity index (χ2n) is 7.38. The lowest BCUT2D eigenvalue weighted by Gasteiger charge is -2.39. The van der Waals surface area contributed by atoms with E-state index in [9.17, 15) is 9.59 Å². The minimum absolute atomic E-state index is 0.0847. The van der Waals surface area contributed by atoms with Gasteiger partial charge in [-0.2, -0.15) is 0 Å². The van der Waals surface area contributed by atoms with Crippen molar-refractivity contribution in [3.05, 3.63) is 0 Å². The van der Waals surface area contributed by atoms with Crippen LogP contribution in [0.25, 0.3) is 0 Å². The van der Waals surface area contributed by atoms with Crippen LogP contribution in [0.4, 0.5) is 4.79 Å². The first kappa shape index (κ1) is 16.1. The van der Waals surface area contributed by atoms with Crippen molar-refractivity contribution < 1.29 is 14.7 Å². The highest BCUT2D eigenvalue weighted by Gasteiger charge is 2.41. The molecule has 2 heterocycles. The van der Waals surface area contributed by atoms with Crippen LogP contribution >= 0.6 is 0 Å². The predicted octanol–water partition coefficient (Wildman–Crippen LogP) is 1.41. The van der Waals surface area contributed by atoms with Crippen LogP contribution in [-0.4, -0.2) is 52.7 Å². The number of fused-ring (bicyclic) bond motifs is 2. The maximum absolute atomic E-state index is 12.1. The molecule has 0 aliphatic carbocycles. The van der Waals surface area contributed by atoms with E-state index in [2.05, 4.69) is 15.5 Å². The molecule has 0 aromatic rings. The van der Waals surface area contributed by atoms with Crippen LogP contribution < -0.4 is 10.6 Å². The highest BCUT2D eigenvalue weighted by atomic mass is 16.4. The van der Waals surface area contributed by atoms with Gasteiger partial charge in [-0.05, 0) is 52.4 Å². The van der Waals surface area contributed by atoms with E-state index in [0.29, 0.717) is 31.1 Å². The zero-order chi connectivity index (χ0) is 15.6. The van der Waals surface area contributed by atoms with E-state index in [0.717, 1.165) is 25.7 Å². The van der Waals surface area contributed by atoms with E-state index in [1.54, 1.807) is 0 Å². The number of amides is 2. The predicted molar refractivity (Wildman–Crippen MR) is 80.2 cm³/mol. The lowest BCUT2D eigenvalue weighted by molar-refractivity contribution is -0.125. The topological polar surface area (TPSA) is 81.7 Å². The zero-order valence-electron chi connectivity index (χ0n) is 13.2. The largest absolute Gasteiger partial charge is 0.465 e. The summed E-state index contributed by atoms with van der Waals surface area (Å²) < 4.78 is 0. The van der Waals surface area contributed by atoms with Gasteiger partial charge in [0.1, 0.15) is 0 Å². The number of rotatable bonds is 4. The number of hydrogen-bond acceptors (Lipinski definition) is 3. The van der Waals surface area contributed by atoms with Crippen LogP contribution in [0.5, 0.6) is 0 Å². The van der Waals surface area contributed by atoms with E-state index < -0.39 is 6.09 Å². The van der Waals surface area contributed by atoms with Gasteiger partial charge in [0.2, 0.25) is 5.91 Å². The first-order chi connectivity index (χ1) is 9.74. The Morgan fingerprint density at radius 1 is 1.19 bits per heavy atom. The van der Waals surface area contributed by atoms with Crippen LogP contribution in [-0.2, 0) is 4.79 Å². The van der Waals surface area contributed by atoms with Crippen molar-refractivity contribution in [2.45, 2.75) is 64.1 Å². The van der Waals surface area contributed by atoms with Crippen LogP contribution in [0.2, 0.25) is 0 Å². The van der Waals surface area contributed by atoms with Gasteiger partial charge in [0.05, 0.1) is 6.54 Å². The molecule has 2 saturated heterocycles. The fraction of sp³-hybridized carbons (Fsp3) is 0.867. The molecule has 1 unspecified atom stereocenters. The molecule has 0 saturated carbocycles. The number of piperidine rings is 1. The summed E-state index contributed by atoms with van der Waals surface area (Å²) >= 11 is 0. The van der Waals surface area contributed by atoms with E-state index in [4.69, 9.17) is 5.11 Å². The molecule has 21 heavy (non-hydrogen) atoms. The Balaban J connectivity index is 1.85. The van der Waals surface area contributed by atoms with E-state index in [1.165, 1.54) is 0 Å². The molecule has 6 nitrogen and oxygen atoms in total. The van der Waals surface area contributed by atoms with E-state index >= 15 is 0 Å². The Kier molecular flexibility index (Phi) is 4.76. The maximum Gasteiger partial charge on any atom is 0.404 e. The number of carbonyl (C=O) groups is 2. The minimum atomic E-state index is -0.950. The molecule has 0 spiro atoms. The van der Waals surface area contributed by atoms with Crippen molar-refractivity contribution >= 4 is 12.0 Å². The summed E-state index contributed by atoms with van der Waals surface area (Å²) in [5, 5.41) is 14.2. The fourth-order valence-electron chi connectivity index (χ4n) is 3.67. The van der Waals surface area contributed by atoms with Crippen molar-refractivity contribution in [1.82, 2.24) is 15.5 Å². The molecule has 2 aliphatic heterocycles. The molecular formula is C15H27N3O3. The van der Waals surface area contributed by atoms with Gasteiger partial charge < -0.3 is 15.7 Å². The molecule has 3 N–H and O–H groups in total. The number of carbonyl (C=O) groups excluding carboxylic acids is 1. The third-order valence-corrected chi connectivity index (χ3v) is 4.36. The van der Waals surface area contributed by atoms with Crippen LogP contribution in [0.3, 0.4) is 0 Å². The van der Waals surface area contributed by atoms with Crippen molar-refractivity contribution in [3.63, 3.8) is 0 Å². The van der Waals surface area contributed by atoms with Gasteiger partial charge in [-0.1, -0.05) is 0 Å². The van der Waals surface area contributed by atoms with Gasteiger partial charge in [-0.15, -0.1) is 0 Å². The molecule has 120 valence electrons. The van der Waals surface area contributed by atoms with Gasteiger partial charge in [0, 0.05) is 24.2 Å². The molecule has 2 aliphatic rings. The number of nitrogens with zero attached hydrogens (tertiary/aromatic N) is 1. The number of hydrogen-bond donors (Lipinski definition) is 3. The Bertz CT molecular complexity index is 391. The zero-order valence-corrected chi connectivity index (χ0v) is 13.2. The van der Waals surface area contributed by atoms with E-state index in [-0.39, 0.29) is 11.4 Å². The van der Waals surface area contributed by atoms with Crippen molar-refractivity contribution in [2.75, 3.05) is 13.1 Å². The molecule has 2 fully saturated rings. The number of carboxylic acid groups (broad SMARTS) is 1. The van der Waals surface area contributed by atoms with E-state index in [1.807, 2.05) is 20.8 Å². The maximum atomic E-state index is 12.1.